The summed E-state index contributed by atoms with van der Waals surface area (Å²) in [5.74, 6) is 1.86. The summed E-state index contributed by atoms with van der Waals surface area (Å²) in [7, 11) is 1.87. The van der Waals surface area contributed by atoms with Crippen LogP contribution < -0.4 is 4.90 Å². The zero-order valence-corrected chi connectivity index (χ0v) is 14.8. The van der Waals surface area contributed by atoms with Crippen molar-refractivity contribution < 1.29 is 4.79 Å². The number of pyridine rings is 1. The molecule has 1 saturated heterocycles. The van der Waals surface area contributed by atoms with Gasteiger partial charge >= 0.3 is 0 Å². The highest BCUT2D eigenvalue weighted by atomic mass is 35.5. The predicted octanol–water partition coefficient (Wildman–Crippen LogP) is 2.54. The van der Waals surface area contributed by atoms with Crippen LogP contribution in [0.3, 0.4) is 0 Å². The second kappa shape index (κ2) is 7.21. The van der Waals surface area contributed by atoms with Gasteiger partial charge in [0.05, 0.1) is 17.6 Å². The van der Waals surface area contributed by atoms with E-state index in [0.29, 0.717) is 17.6 Å². The number of imidazole rings is 1. The normalized spacial score (nSPS) is 17.8. The number of likely N-dealkylation sites (N-methyl/N-ethyl adjacent to an activating group) is 1. The summed E-state index contributed by atoms with van der Waals surface area (Å²) in [5.41, 5.74) is 0. The lowest BCUT2D eigenvalue weighted by Gasteiger charge is -2.35. The van der Waals surface area contributed by atoms with Gasteiger partial charge in [0.15, 0.2) is 0 Å². The van der Waals surface area contributed by atoms with Crippen LogP contribution in [0.4, 0.5) is 5.82 Å². The highest BCUT2D eigenvalue weighted by Gasteiger charge is 2.26. The van der Waals surface area contributed by atoms with Gasteiger partial charge in [-0.3, -0.25) is 4.79 Å². The standard InChI is InChI=1S/C17H22ClN5O/c1-13-19-7-9-23(13)15-4-3-8-22(11-15)17(24)12-21(2)16-6-5-14(18)10-20-16/h5-7,9-10,15H,3-4,8,11-12H2,1-2H3/t15-/m1/s1. The number of piperidine rings is 1. The third-order valence-corrected chi connectivity index (χ3v) is 4.70. The molecule has 1 fully saturated rings. The highest BCUT2D eigenvalue weighted by molar-refractivity contribution is 6.30. The lowest BCUT2D eigenvalue weighted by molar-refractivity contribution is -0.131. The van der Waals surface area contributed by atoms with Crippen molar-refractivity contribution in [3.05, 3.63) is 41.6 Å². The lowest BCUT2D eigenvalue weighted by atomic mass is 10.1. The molecule has 7 heteroatoms. The van der Waals surface area contributed by atoms with Crippen LogP contribution in [-0.4, -0.2) is 52.0 Å². The third kappa shape index (κ3) is 3.70. The minimum Gasteiger partial charge on any atom is -0.350 e. The van der Waals surface area contributed by atoms with Gasteiger partial charge in [0.25, 0.3) is 0 Å². The molecule has 0 aromatic carbocycles. The van der Waals surface area contributed by atoms with Gasteiger partial charge in [-0.15, -0.1) is 0 Å². The molecular weight excluding hydrogens is 326 g/mol. The third-order valence-electron chi connectivity index (χ3n) is 4.48. The number of hydrogen-bond acceptors (Lipinski definition) is 4. The summed E-state index contributed by atoms with van der Waals surface area (Å²) < 4.78 is 2.17. The SMILES string of the molecule is Cc1nccn1[C@@H]1CCCN(C(=O)CN(C)c2ccc(Cl)cn2)C1. The van der Waals surface area contributed by atoms with Crippen LogP contribution >= 0.6 is 11.6 Å². The smallest absolute Gasteiger partial charge is 0.242 e. The summed E-state index contributed by atoms with van der Waals surface area (Å²) >= 11 is 5.86. The van der Waals surface area contributed by atoms with E-state index in [4.69, 9.17) is 11.6 Å². The summed E-state index contributed by atoms with van der Waals surface area (Å²) in [4.78, 5) is 25.0. The Morgan fingerprint density at radius 3 is 2.92 bits per heavy atom. The number of hydrogen-bond donors (Lipinski definition) is 0. The van der Waals surface area contributed by atoms with E-state index >= 15 is 0 Å². The van der Waals surface area contributed by atoms with Crippen LogP contribution in [0.2, 0.25) is 5.02 Å². The van der Waals surface area contributed by atoms with Crippen molar-refractivity contribution in [3.8, 4) is 0 Å². The molecular formula is C17H22ClN5O. The molecule has 1 atom stereocenters. The molecule has 0 spiro atoms. The van der Waals surface area contributed by atoms with Crippen LogP contribution in [0.5, 0.6) is 0 Å². The highest BCUT2D eigenvalue weighted by Crippen LogP contribution is 2.23. The average molecular weight is 348 g/mol. The molecule has 6 nitrogen and oxygen atoms in total. The fourth-order valence-corrected chi connectivity index (χ4v) is 3.27. The molecule has 0 unspecified atom stereocenters. The van der Waals surface area contributed by atoms with Gasteiger partial charge in [0, 0.05) is 38.7 Å². The Hall–Kier alpha value is -2.08. The Kier molecular flexibility index (Phi) is 5.04. The van der Waals surface area contributed by atoms with E-state index in [1.807, 2.05) is 42.2 Å². The molecule has 1 aliphatic heterocycles. The van der Waals surface area contributed by atoms with Crippen molar-refractivity contribution in [1.29, 1.82) is 0 Å². The monoisotopic (exact) mass is 347 g/mol. The number of carbonyl (C=O) groups is 1. The summed E-state index contributed by atoms with van der Waals surface area (Å²) in [6.07, 6.45) is 7.50. The number of likely N-dealkylation sites (tertiary alicyclic amines) is 1. The fraction of sp³-hybridized carbons (Fsp3) is 0.471. The first-order valence-electron chi connectivity index (χ1n) is 8.14. The number of aryl methyl sites for hydroxylation is 1. The summed E-state index contributed by atoms with van der Waals surface area (Å²) in [6, 6.07) is 3.91. The van der Waals surface area contributed by atoms with E-state index in [1.54, 1.807) is 12.3 Å². The largest absolute Gasteiger partial charge is 0.350 e. The first-order valence-corrected chi connectivity index (χ1v) is 8.52. The second-order valence-corrected chi connectivity index (χ2v) is 6.64. The number of nitrogens with zero attached hydrogens (tertiary/aromatic N) is 5. The fourth-order valence-electron chi connectivity index (χ4n) is 3.16. The van der Waals surface area contributed by atoms with Crippen molar-refractivity contribution in [2.75, 3.05) is 31.6 Å². The molecule has 128 valence electrons. The molecule has 2 aromatic heterocycles. The number of rotatable bonds is 4. The Bertz CT molecular complexity index is 699. The zero-order chi connectivity index (χ0) is 17.1. The summed E-state index contributed by atoms with van der Waals surface area (Å²) in [6.45, 7) is 3.86. The molecule has 2 aromatic rings. The second-order valence-electron chi connectivity index (χ2n) is 6.21. The Labute approximate surface area is 147 Å². The molecule has 24 heavy (non-hydrogen) atoms. The summed E-state index contributed by atoms with van der Waals surface area (Å²) in [5, 5.41) is 0.591. The number of halogens is 1. The predicted molar refractivity (Wildman–Crippen MR) is 94.3 cm³/mol. The topological polar surface area (TPSA) is 54.3 Å². The van der Waals surface area contributed by atoms with Gasteiger partial charge in [0.2, 0.25) is 5.91 Å². The number of amides is 1. The molecule has 1 amide bonds. The van der Waals surface area contributed by atoms with Crippen molar-refractivity contribution in [2.45, 2.75) is 25.8 Å². The molecule has 3 heterocycles. The van der Waals surface area contributed by atoms with Crippen molar-refractivity contribution >= 4 is 23.3 Å². The van der Waals surface area contributed by atoms with Gasteiger partial charge in [-0.1, -0.05) is 11.6 Å². The maximum Gasteiger partial charge on any atom is 0.242 e. The average Bonchev–Trinajstić information content (AvgIpc) is 3.01. The minimum atomic E-state index is 0.122. The van der Waals surface area contributed by atoms with Gasteiger partial charge in [-0.2, -0.15) is 0 Å². The number of aromatic nitrogens is 3. The van der Waals surface area contributed by atoms with E-state index in [1.165, 1.54) is 0 Å². The molecule has 0 radical (unpaired) electrons. The van der Waals surface area contributed by atoms with Gasteiger partial charge in [-0.25, -0.2) is 9.97 Å². The van der Waals surface area contributed by atoms with E-state index < -0.39 is 0 Å². The molecule has 3 rings (SSSR count). The maximum absolute atomic E-state index is 12.7. The first kappa shape index (κ1) is 16.8. The van der Waals surface area contributed by atoms with Crippen molar-refractivity contribution in [2.24, 2.45) is 0 Å². The van der Waals surface area contributed by atoms with Crippen LogP contribution in [0.1, 0.15) is 24.7 Å². The van der Waals surface area contributed by atoms with Crippen LogP contribution in [0.25, 0.3) is 0 Å². The Balaban J connectivity index is 1.62. The van der Waals surface area contributed by atoms with Crippen LogP contribution in [0.15, 0.2) is 30.7 Å². The molecule has 0 bridgehead atoms. The first-order chi connectivity index (χ1) is 11.5. The molecule has 1 aliphatic rings. The maximum atomic E-state index is 12.7. The van der Waals surface area contributed by atoms with Crippen LogP contribution in [0, 0.1) is 6.92 Å². The van der Waals surface area contributed by atoms with Crippen LogP contribution in [-0.2, 0) is 4.79 Å². The van der Waals surface area contributed by atoms with Gasteiger partial charge in [-0.05, 0) is 31.9 Å². The molecule has 0 aliphatic carbocycles. The van der Waals surface area contributed by atoms with Crippen molar-refractivity contribution in [1.82, 2.24) is 19.4 Å². The van der Waals surface area contributed by atoms with Crippen molar-refractivity contribution in [3.63, 3.8) is 0 Å². The Morgan fingerprint density at radius 2 is 2.25 bits per heavy atom. The van der Waals surface area contributed by atoms with E-state index in [0.717, 1.165) is 37.6 Å². The van der Waals surface area contributed by atoms with E-state index in [2.05, 4.69) is 14.5 Å². The van der Waals surface area contributed by atoms with E-state index in [9.17, 15) is 4.79 Å². The Morgan fingerprint density at radius 1 is 1.42 bits per heavy atom. The quantitative estimate of drug-likeness (QED) is 0.853. The number of anilines is 1. The lowest BCUT2D eigenvalue weighted by Crippen LogP contribution is -2.45. The zero-order valence-electron chi connectivity index (χ0n) is 14.0. The van der Waals surface area contributed by atoms with E-state index in [-0.39, 0.29) is 5.91 Å². The van der Waals surface area contributed by atoms with Gasteiger partial charge < -0.3 is 14.4 Å². The minimum absolute atomic E-state index is 0.122. The molecule has 0 saturated carbocycles. The van der Waals surface area contributed by atoms with Gasteiger partial charge in [0.1, 0.15) is 11.6 Å². The number of carbonyl (C=O) groups excluding carboxylic acids is 1. The molecule has 0 N–H and O–H groups in total.